The van der Waals surface area contributed by atoms with E-state index in [0.717, 1.165) is 0 Å². The minimum atomic E-state index is -3.23. The first kappa shape index (κ1) is 22.8. The molecule has 2 aromatic rings. The van der Waals surface area contributed by atoms with E-state index in [1.54, 1.807) is 62.6 Å². The van der Waals surface area contributed by atoms with E-state index in [2.05, 4.69) is 0 Å². The van der Waals surface area contributed by atoms with E-state index < -0.39 is 29.9 Å². The number of carbonyl (C=O) groups is 3. The molecule has 2 rings (SSSR count). The topological polar surface area (TPSA) is 87.7 Å². The standard InChI is InChI=1S/C21H23F2N3O4/c1-21(2,3)30-20(29)26(16-7-5-4-6-8-16)13-14-9-11-15(12-10-14)18(27)24-25-19(28)17(22)23/h4-12,17H,13H2,1-3H3,(H,24,27)(H,25,28). The van der Waals surface area contributed by atoms with Gasteiger partial charge in [0, 0.05) is 11.3 Å². The number of carbonyl (C=O) groups excluding carboxylic acids is 3. The SMILES string of the molecule is CC(C)(C)OC(=O)N(Cc1ccc(C(=O)NNC(=O)C(F)F)cc1)c1ccccc1. The molecular formula is C21H23F2N3O4. The van der Waals surface area contributed by atoms with Crippen molar-refractivity contribution in [1.82, 2.24) is 10.9 Å². The molecule has 0 aliphatic carbocycles. The predicted molar refractivity (Wildman–Crippen MR) is 107 cm³/mol. The van der Waals surface area contributed by atoms with Gasteiger partial charge in [-0.2, -0.15) is 8.78 Å². The summed E-state index contributed by atoms with van der Waals surface area (Å²) in [5.74, 6) is -2.35. The molecule has 0 unspecified atom stereocenters. The lowest BCUT2D eigenvalue weighted by molar-refractivity contribution is -0.132. The van der Waals surface area contributed by atoms with Crippen molar-refractivity contribution in [1.29, 1.82) is 0 Å². The third kappa shape index (κ3) is 6.84. The number of hydrogen-bond acceptors (Lipinski definition) is 4. The maximum absolute atomic E-state index is 12.7. The van der Waals surface area contributed by atoms with Crippen LogP contribution in [0.2, 0.25) is 0 Å². The van der Waals surface area contributed by atoms with Crippen molar-refractivity contribution >= 4 is 23.6 Å². The van der Waals surface area contributed by atoms with Gasteiger partial charge in [0.05, 0.1) is 6.54 Å². The number of rotatable bonds is 5. The fourth-order valence-electron chi connectivity index (χ4n) is 2.38. The maximum atomic E-state index is 12.7. The van der Waals surface area contributed by atoms with E-state index in [0.29, 0.717) is 11.3 Å². The van der Waals surface area contributed by atoms with Crippen LogP contribution < -0.4 is 15.8 Å². The lowest BCUT2D eigenvalue weighted by atomic mass is 10.1. The highest BCUT2D eigenvalue weighted by Gasteiger charge is 2.23. The molecule has 0 fully saturated rings. The first-order valence-electron chi connectivity index (χ1n) is 9.09. The zero-order chi connectivity index (χ0) is 22.3. The molecule has 0 saturated heterocycles. The van der Waals surface area contributed by atoms with Crippen LogP contribution in [-0.4, -0.2) is 29.9 Å². The van der Waals surface area contributed by atoms with E-state index in [1.165, 1.54) is 17.0 Å². The van der Waals surface area contributed by atoms with E-state index in [4.69, 9.17) is 4.74 Å². The fourth-order valence-corrected chi connectivity index (χ4v) is 2.38. The van der Waals surface area contributed by atoms with Gasteiger partial charge in [0.15, 0.2) is 0 Å². The summed E-state index contributed by atoms with van der Waals surface area (Å²) in [6, 6.07) is 15.1. The second kappa shape index (κ2) is 9.82. The minimum Gasteiger partial charge on any atom is -0.443 e. The van der Waals surface area contributed by atoms with Crippen LogP contribution in [0.1, 0.15) is 36.7 Å². The third-order valence-electron chi connectivity index (χ3n) is 3.74. The third-order valence-corrected chi connectivity index (χ3v) is 3.74. The summed E-state index contributed by atoms with van der Waals surface area (Å²) in [5, 5.41) is 0. The van der Waals surface area contributed by atoms with Gasteiger partial charge in [0.1, 0.15) is 5.60 Å². The van der Waals surface area contributed by atoms with Gasteiger partial charge in [-0.05, 0) is 50.6 Å². The zero-order valence-corrected chi connectivity index (χ0v) is 16.8. The number of ether oxygens (including phenoxy) is 1. The second-order valence-corrected chi connectivity index (χ2v) is 7.34. The summed E-state index contributed by atoms with van der Waals surface area (Å²) < 4.78 is 29.8. The average Bonchev–Trinajstić information content (AvgIpc) is 2.69. The lowest BCUT2D eigenvalue weighted by Gasteiger charge is -2.27. The summed E-state index contributed by atoms with van der Waals surface area (Å²) in [7, 11) is 0. The van der Waals surface area contributed by atoms with Crippen LogP contribution >= 0.6 is 0 Å². The van der Waals surface area contributed by atoms with Gasteiger partial charge in [-0.3, -0.25) is 25.3 Å². The highest BCUT2D eigenvalue weighted by molar-refractivity contribution is 5.95. The molecule has 160 valence electrons. The first-order valence-corrected chi connectivity index (χ1v) is 9.09. The Hall–Kier alpha value is -3.49. The van der Waals surface area contributed by atoms with Gasteiger partial charge < -0.3 is 4.74 Å². The van der Waals surface area contributed by atoms with Gasteiger partial charge in [-0.15, -0.1) is 0 Å². The van der Waals surface area contributed by atoms with Crippen LogP contribution in [0.5, 0.6) is 0 Å². The number of amides is 3. The number of benzene rings is 2. The summed E-state index contributed by atoms with van der Waals surface area (Å²) in [5.41, 5.74) is 4.36. The largest absolute Gasteiger partial charge is 0.443 e. The van der Waals surface area contributed by atoms with Crippen molar-refractivity contribution in [3.63, 3.8) is 0 Å². The molecule has 0 aliphatic heterocycles. The van der Waals surface area contributed by atoms with Crippen LogP contribution in [-0.2, 0) is 16.1 Å². The molecule has 0 spiro atoms. The molecule has 0 atom stereocenters. The van der Waals surface area contributed by atoms with E-state index in [-0.39, 0.29) is 12.1 Å². The van der Waals surface area contributed by atoms with Gasteiger partial charge in [0.25, 0.3) is 5.91 Å². The van der Waals surface area contributed by atoms with Gasteiger partial charge >= 0.3 is 18.4 Å². The average molecular weight is 419 g/mol. The molecule has 2 aromatic carbocycles. The first-order chi connectivity index (χ1) is 14.1. The van der Waals surface area contributed by atoms with Gasteiger partial charge in [-0.1, -0.05) is 30.3 Å². The Balaban J connectivity index is 2.12. The molecule has 0 saturated carbocycles. The molecule has 7 nitrogen and oxygen atoms in total. The Bertz CT molecular complexity index is 881. The fraction of sp³-hybridized carbons (Fsp3) is 0.286. The molecule has 0 aromatic heterocycles. The maximum Gasteiger partial charge on any atom is 0.415 e. The highest BCUT2D eigenvalue weighted by Crippen LogP contribution is 2.21. The molecule has 0 bridgehead atoms. The Kier molecular flexibility index (Phi) is 7.46. The molecule has 0 aliphatic rings. The number of para-hydroxylation sites is 1. The predicted octanol–water partition coefficient (Wildman–Crippen LogP) is 3.65. The van der Waals surface area contributed by atoms with E-state index in [1.807, 2.05) is 11.5 Å². The Morgan fingerprint density at radius 1 is 0.967 bits per heavy atom. The van der Waals surface area contributed by atoms with Crippen LogP contribution in [0.4, 0.5) is 19.3 Å². The molecule has 0 heterocycles. The number of alkyl halides is 2. The number of anilines is 1. The number of hydrazine groups is 1. The van der Waals surface area contributed by atoms with E-state index in [9.17, 15) is 23.2 Å². The molecular weight excluding hydrogens is 396 g/mol. The van der Waals surface area contributed by atoms with Crippen LogP contribution in [0.15, 0.2) is 54.6 Å². The van der Waals surface area contributed by atoms with Crippen molar-refractivity contribution in [2.75, 3.05) is 4.90 Å². The number of hydrogen-bond donors (Lipinski definition) is 2. The normalized spacial score (nSPS) is 11.0. The van der Waals surface area contributed by atoms with Gasteiger partial charge in [-0.25, -0.2) is 4.79 Å². The molecule has 30 heavy (non-hydrogen) atoms. The smallest absolute Gasteiger partial charge is 0.415 e. The van der Waals surface area contributed by atoms with Crippen molar-refractivity contribution in [2.45, 2.75) is 39.3 Å². The van der Waals surface area contributed by atoms with Crippen molar-refractivity contribution in [3.8, 4) is 0 Å². The van der Waals surface area contributed by atoms with Gasteiger partial charge in [0.2, 0.25) is 0 Å². The molecule has 0 radical (unpaired) electrons. The molecule has 3 amide bonds. The number of nitrogens with zero attached hydrogens (tertiary/aromatic N) is 1. The number of nitrogens with one attached hydrogen (secondary N) is 2. The van der Waals surface area contributed by atoms with Crippen molar-refractivity contribution < 1.29 is 27.9 Å². The summed E-state index contributed by atoms with van der Waals surface area (Å²) in [6.45, 7) is 5.50. The van der Waals surface area contributed by atoms with Crippen molar-refractivity contribution in [2.24, 2.45) is 0 Å². The van der Waals surface area contributed by atoms with Crippen LogP contribution in [0.3, 0.4) is 0 Å². The van der Waals surface area contributed by atoms with Crippen LogP contribution in [0, 0.1) is 0 Å². The quantitative estimate of drug-likeness (QED) is 0.724. The summed E-state index contributed by atoms with van der Waals surface area (Å²) in [6.07, 6.45) is -3.75. The van der Waals surface area contributed by atoms with Crippen LogP contribution in [0.25, 0.3) is 0 Å². The van der Waals surface area contributed by atoms with E-state index >= 15 is 0 Å². The number of halogens is 2. The zero-order valence-electron chi connectivity index (χ0n) is 16.8. The summed E-state index contributed by atoms with van der Waals surface area (Å²) in [4.78, 5) is 36.9. The minimum absolute atomic E-state index is 0.150. The Morgan fingerprint density at radius 3 is 2.10 bits per heavy atom. The Labute approximate surface area is 173 Å². The highest BCUT2D eigenvalue weighted by atomic mass is 19.3. The monoisotopic (exact) mass is 419 g/mol. The van der Waals surface area contributed by atoms with Crippen molar-refractivity contribution in [3.05, 3.63) is 65.7 Å². The Morgan fingerprint density at radius 2 is 1.57 bits per heavy atom. The second-order valence-electron chi connectivity index (χ2n) is 7.34. The molecule has 2 N–H and O–H groups in total. The molecule has 9 heteroatoms. The summed E-state index contributed by atoms with van der Waals surface area (Å²) >= 11 is 0. The lowest BCUT2D eigenvalue weighted by Crippen LogP contribution is -2.44.